The third kappa shape index (κ3) is 29.9. The average Bonchev–Trinajstić information content (AvgIpc) is 0.853. The zero-order chi connectivity index (χ0) is 83.5. The van der Waals surface area contributed by atoms with E-state index in [9.17, 15) is 0 Å². The second-order valence-electron chi connectivity index (χ2n) is 26.1. The van der Waals surface area contributed by atoms with Crippen molar-refractivity contribution in [2.45, 2.75) is 0 Å². The first-order valence-corrected chi connectivity index (χ1v) is 49.4. The molecular weight excluding hydrogens is 1780 g/mol. The molecule has 0 saturated heterocycles. The first kappa shape index (κ1) is 94.3. The van der Waals surface area contributed by atoms with Crippen molar-refractivity contribution in [1.29, 1.82) is 0 Å². The van der Waals surface area contributed by atoms with Crippen molar-refractivity contribution in [3.8, 4) is 0 Å². The summed E-state index contributed by atoms with van der Waals surface area (Å²) in [6.07, 6.45) is 0. The molecule has 0 atom stereocenters. The number of rotatable bonds is 18. The van der Waals surface area contributed by atoms with Gasteiger partial charge in [-0.2, -0.15) is 0 Å². The summed E-state index contributed by atoms with van der Waals surface area (Å²) in [4.78, 5) is 16.0. The van der Waals surface area contributed by atoms with E-state index >= 15 is 0 Å². The molecule has 18 aromatic carbocycles. The molecule has 601 valence electrons. The Hall–Kier alpha value is -10.6. The van der Waals surface area contributed by atoms with Crippen LogP contribution >= 0.6 is 57.2 Å². The monoisotopic (exact) mass is 1870 g/mol. The zero-order valence-corrected chi connectivity index (χ0v) is 76.9. The molecule has 0 radical (unpaired) electrons. The van der Waals surface area contributed by atoms with E-state index in [1.165, 1.54) is 95.5 Å². The second kappa shape index (κ2) is 56.1. The van der Waals surface area contributed by atoms with Crippen LogP contribution in [0.3, 0.4) is 0 Å². The summed E-state index contributed by atoms with van der Waals surface area (Å²) in [6.45, 7) is 4.00. The molecule has 0 amide bonds. The number of halogens is 1. The average molecular weight is 1870 g/mol. The van der Waals surface area contributed by atoms with Gasteiger partial charge in [0.05, 0.1) is 0 Å². The van der Waals surface area contributed by atoms with Gasteiger partial charge in [-0.15, -0.1) is 0 Å². The fourth-order valence-corrected chi connectivity index (χ4v) is 26.9. The van der Waals surface area contributed by atoms with E-state index in [1.807, 2.05) is 30.9 Å². The Morgan fingerprint density at radius 1 is 0.116 bits per heavy atom. The molecule has 0 bridgehead atoms. The summed E-state index contributed by atoms with van der Waals surface area (Å²) in [5, 5.41) is 25.2. The van der Waals surface area contributed by atoms with E-state index in [0.29, 0.717) is 0 Å². The van der Waals surface area contributed by atoms with Crippen LogP contribution in [0.5, 0.6) is 0 Å². The van der Waals surface area contributed by atoms with Crippen LogP contribution in [0.15, 0.2) is 546 Å². The Morgan fingerprint density at radius 3 is 0.198 bits per heavy atom. The smallest absolute Gasteiger partial charge is 0.0134 e. The van der Waals surface area contributed by atoms with Gasteiger partial charge >= 0.3 is 46.5 Å². The zero-order valence-electron chi connectivity index (χ0n) is 67.0. The Labute approximate surface area is 752 Å². The number of carbonyl (C=O) groups excluding carboxylic acids is 2. The molecule has 121 heavy (non-hydrogen) atoms. The molecule has 0 fully saturated rings. The molecule has 18 rings (SSSR count). The molecule has 0 saturated carbocycles. The quantitative estimate of drug-likeness (QED) is 0.0634. The van der Waals surface area contributed by atoms with Crippen LogP contribution < -0.4 is 95.5 Å². The SMILES string of the molecule is C=O.C=O.[Cl][Ru].[RuH2].c1ccc(P(c2ccccc2)c2ccccc2)cc1.c1ccc(P(c2ccccc2)c2ccccc2)cc1.c1ccc(P(c2ccccc2)c2ccccc2)cc1.c1ccc(P(c2ccccc2)c2ccccc2)cc1.c1ccc(P(c2ccccc2)c2ccccc2)cc1.c1ccc(P(c2ccccc2)c2ccccc2)cc1. The van der Waals surface area contributed by atoms with Crippen LogP contribution in [0.25, 0.3) is 0 Å². The summed E-state index contributed by atoms with van der Waals surface area (Å²) in [5.41, 5.74) is 0. The van der Waals surface area contributed by atoms with E-state index < -0.39 is 47.5 Å². The molecule has 0 N–H and O–H groups in total. The maximum absolute atomic E-state index is 8.00. The van der Waals surface area contributed by atoms with E-state index in [2.05, 4.69) is 556 Å². The van der Waals surface area contributed by atoms with Crippen molar-refractivity contribution >= 4 is 166 Å². The summed E-state index contributed by atoms with van der Waals surface area (Å²) in [5.74, 6) is 0. The van der Waals surface area contributed by atoms with Crippen molar-refractivity contribution in [2.24, 2.45) is 0 Å². The number of hydrogen-bond donors (Lipinski definition) is 0. The normalized spacial score (nSPS) is 10.1. The van der Waals surface area contributed by atoms with Crippen molar-refractivity contribution in [3.05, 3.63) is 546 Å². The standard InChI is InChI=1S/6C18H15P.2CH2O.ClH.2Ru.2H/c6*1-4-10-16(11-5-1)19(17-12-6-2-7-13-17)18-14-8-3-9-15-18;2*1-2;;;;;/h6*1-15H;2*1H2;1H;;;;/q;;;;;;;;;;+1;;/p-1. The van der Waals surface area contributed by atoms with Crippen molar-refractivity contribution in [1.82, 2.24) is 0 Å². The molecule has 0 spiro atoms. The van der Waals surface area contributed by atoms with E-state index in [1.54, 1.807) is 0 Å². The van der Waals surface area contributed by atoms with Crippen molar-refractivity contribution in [2.75, 3.05) is 0 Å². The van der Waals surface area contributed by atoms with Gasteiger partial charge in [-0.05, 0) is 143 Å². The fourth-order valence-electron chi connectivity index (χ4n) is 13.1. The van der Waals surface area contributed by atoms with Crippen LogP contribution in [0.4, 0.5) is 0 Å². The minimum absolute atomic E-state index is 0. The number of hydrogen-bond acceptors (Lipinski definition) is 2. The van der Waals surface area contributed by atoms with Gasteiger partial charge in [-0.1, -0.05) is 546 Å². The molecule has 0 heterocycles. The second-order valence-corrected chi connectivity index (χ2v) is 39.4. The van der Waals surface area contributed by atoms with Crippen molar-refractivity contribution in [3.63, 3.8) is 0 Å². The van der Waals surface area contributed by atoms with Crippen LogP contribution in [0, 0.1) is 0 Å². The third-order valence-electron chi connectivity index (χ3n) is 18.3. The summed E-state index contributed by atoms with van der Waals surface area (Å²) < 4.78 is 0. The van der Waals surface area contributed by atoms with Gasteiger partial charge in [0.15, 0.2) is 0 Å². The van der Waals surface area contributed by atoms with Gasteiger partial charge < -0.3 is 9.59 Å². The molecule has 0 aromatic heterocycles. The van der Waals surface area contributed by atoms with E-state index in [4.69, 9.17) is 9.59 Å². The predicted octanol–water partition coefficient (Wildman–Crippen LogP) is 20.4. The van der Waals surface area contributed by atoms with Gasteiger partial charge in [-0.3, -0.25) is 0 Å². The van der Waals surface area contributed by atoms with Gasteiger partial charge in [0, 0.05) is 0 Å². The molecule has 2 nitrogen and oxygen atoms in total. The Kier molecular flexibility index (Phi) is 43.7. The molecule has 18 aromatic rings. The third-order valence-corrected chi connectivity index (χ3v) is 32.9. The minimum Gasteiger partial charge on any atom is -0.0622 e. The van der Waals surface area contributed by atoms with E-state index in [-0.39, 0.29) is 19.5 Å². The molecular formula is C110H96ClO2P6Ru2. The number of benzene rings is 18. The van der Waals surface area contributed by atoms with Crippen LogP contribution in [-0.2, 0) is 46.4 Å². The Morgan fingerprint density at radius 2 is 0.157 bits per heavy atom. The maximum Gasteiger partial charge on any atom is -0.0134 e. The fraction of sp³-hybridized carbons (Fsp3) is 0. The van der Waals surface area contributed by atoms with Gasteiger partial charge in [0.25, 0.3) is 0 Å². The molecule has 0 aliphatic heterocycles. The summed E-state index contributed by atoms with van der Waals surface area (Å²) in [7, 11) is 1.89. The van der Waals surface area contributed by atoms with E-state index in [0.717, 1.165) is 0 Å². The van der Waals surface area contributed by atoms with Crippen LogP contribution in [0.2, 0.25) is 0 Å². The van der Waals surface area contributed by atoms with Gasteiger partial charge in [0.2, 0.25) is 0 Å². The molecule has 11 heteroatoms. The topological polar surface area (TPSA) is 34.1 Å². The predicted molar refractivity (Wildman–Crippen MR) is 534 cm³/mol. The summed E-state index contributed by atoms with van der Waals surface area (Å²) >= 11 is 1.82. The van der Waals surface area contributed by atoms with Crippen molar-refractivity contribution < 1.29 is 46.4 Å². The number of carbonyl (C=O) groups is 2. The first-order chi connectivity index (χ1) is 59.7. The first-order valence-electron chi connectivity index (χ1n) is 39.1. The summed E-state index contributed by atoms with van der Waals surface area (Å²) in [6, 6.07) is 194. The van der Waals surface area contributed by atoms with Crippen LogP contribution in [0.1, 0.15) is 0 Å². The van der Waals surface area contributed by atoms with Crippen LogP contribution in [-0.4, -0.2) is 13.6 Å². The molecule has 0 aliphatic carbocycles. The molecule has 0 unspecified atom stereocenters. The minimum atomic E-state index is -0.446. The largest absolute Gasteiger partial charge is 0.0622 e. The molecule has 0 aliphatic rings. The van der Waals surface area contributed by atoms with Gasteiger partial charge in [-0.25, -0.2) is 0 Å². The van der Waals surface area contributed by atoms with Gasteiger partial charge in [0.1, 0.15) is 13.6 Å². The Balaban J connectivity index is 0.000000163. The maximum atomic E-state index is 8.00. The Bertz CT molecular complexity index is 4140.